The lowest BCUT2D eigenvalue weighted by Gasteiger charge is -2.36. The molecule has 4 fully saturated rings. The minimum absolute atomic E-state index is 0.172. The number of nitrogens with one attached hydrogen (secondary N) is 1. The van der Waals surface area contributed by atoms with Gasteiger partial charge in [0.1, 0.15) is 11.6 Å². The van der Waals surface area contributed by atoms with E-state index in [0.29, 0.717) is 32.7 Å². The number of halogens is 1. The number of amides is 2. The van der Waals surface area contributed by atoms with E-state index in [2.05, 4.69) is 26.1 Å². The normalized spacial score (nSPS) is 37.4. The van der Waals surface area contributed by atoms with Crippen LogP contribution in [-0.2, 0) is 28.6 Å². The Kier molecular flexibility index (Phi) is 7.11. The number of nitrogens with zero attached hydrogens (tertiary/aromatic N) is 2. The van der Waals surface area contributed by atoms with Gasteiger partial charge in [-0.15, -0.1) is 0 Å². The minimum Gasteiger partial charge on any atom is -0.466 e. The first kappa shape index (κ1) is 23.9. The monoisotopic (exact) mass is 517 g/mol. The van der Waals surface area contributed by atoms with Gasteiger partial charge in [0, 0.05) is 31.0 Å². The number of ether oxygens (including phenoxy) is 3. The number of carbonyl (C=O) groups is 3. The van der Waals surface area contributed by atoms with Crippen molar-refractivity contribution in [2.45, 2.75) is 48.9 Å². The van der Waals surface area contributed by atoms with Crippen LogP contribution in [0.1, 0.15) is 20.3 Å². The van der Waals surface area contributed by atoms with Crippen LogP contribution in [-0.4, -0.2) is 114 Å². The van der Waals surface area contributed by atoms with Crippen LogP contribution in [0.2, 0.25) is 0 Å². The van der Waals surface area contributed by atoms with Gasteiger partial charge in [0.05, 0.1) is 50.4 Å². The maximum atomic E-state index is 13.5. The fourth-order valence-corrected chi connectivity index (χ4v) is 6.64. The first-order chi connectivity index (χ1) is 15.4. The Bertz CT molecular complexity index is 749. The molecule has 4 heterocycles. The number of likely N-dealkylation sites (tertiary alicyclic amines) is 1. The van der Waals surface area contributed by atoms with E-state index in [9.17, 15) is 19.5 Å². The van der Waals surface area contributed by atoms with Crippen molar-refractivity contribution in [3.8, 4) is 0 Å². The van der Waals surface area contributed by atoms with Gasteiger partial charge < -0.3 is 29.5 Å². The molecule has 180 valence electrons. The van der Waals surface area contributed by atoms with E-state index in [0.717, 1.165) is 13.1 Å². The van der Waals surface area contributed by atoms with Crippen molar-refractivity contribution in [1.29, 1.82) is 0 Å². The second-order valence-corrected chi connectivity index (χ2v) is 10.1. The van der Waals surface area contributed by atoms with Crippen molar-refractivity contribution in [2.75, 3.05) is 52.6 Å². The third kappa shape index (κ3) is 3.85. The number of hydrogen-bond acceptors (Lipinski definition) is 8. The zero-order chi connectivity index (χ0) is 23.0. The molecule has 0 aliphatic carbocycles. The molecule has 4 aliphatic rings. The van der Waals surface area contributed by atoms with Gasteiger partial charge in [-0.25, -0.2) is 0 Å². The zero-order valence-corrected chi connectivity index (χ0v) is 20.1. The molecule has 1 spiro atoms. The first-order valence-corrected chi connectivity index (χ1v) is 12.3. The van der Waals surface area contributed by atoms with Gasteiger partial charge in [-0.1, -0.05) is 15.9 Å². The summed E-state index contributed by atoms with van der Waals surface area (Å²) in [7, 11) is 0. The molecule has 32 heavy (non-hydrogen) atoms. The molecule has 0 aromatic rings. The lowest BCUT2D eigenvalue weighted by molar-refractivity contribution is -0.155. The molecule has 0 aromatic heterocycles. The highest BCUT2D eigenvalue weighted by atomic mass is 79.9. The van der Waals surface area contributed by atoms with Crippen LogP contribution >= 0.6 is 15.9 Å². The number of alkyl halides is 1. The van der Waals surface area contributed by atoms with Gasteiger partial charge in [-0.05, 0) is 20.3 Å². The van der Waals surface area contributed by atoms with Crippen molar-refractivity contribution in [3.05, 3.63) is 0 Å². The van der Waals surface area contributed by atoms with Crippen LogP contribution in [0.15, 0.2) is 0 Å². The fourth-order valence-electron chi connectivity index (χ4n) is 5.70. The number of rotatable bonds is 8. The van der Waals surface area contributed by atoms with Gasteiger partial charge >= 0.3 is 5.97 Å². The van der Waals surface area contributed by atoms with Crippen LogP contribution in [0.3, 0.4) is 0 Å². The second-order valence-electron chi connectivity index (χ2n) is 8.94. The smallest absolute Gasteiger partial charge is 0.312 e. The number of aliphatic hydroxyl groups is 1. The molecule has 7 atom stereocenters. The molecule has 0 radical (unpaired) electrons. The van der Waals surface area contributed by atoms with Gasteiger partial charge in [0.15, 0.2) is 0 Å². The molecule has 0 saturated carbocycles. The van der Waals surface area contributed by atoms with E-state index in [1.54, 1.807) is 13.8 Å². The molecule has 10 nitrogen and oxygen atoms in total. The molecular formula is C21H32BrN3O7. The Hall–Kier alpha value is -1.27. The topological polar surface area (TPSA) is 118 Å². The largest absolute Gasteiger partial charge is 0.466 e. The van der Waals surface area contributed by atoms with Crippen molar-refractivity contribution in [1.82, 2.24) is 15.1 Å². The molecule has 4 saturated heterocycles. The highest BCUT2D eigenvalue weighted by Crippen LogP contribution is 2.60. The summed E-state index contributed by atoms with van der Waals surface area (Å²) in [6.07, 6.45) is -0.0987. The highest BCUT2D eigenvalue weighted by Gasteiger charge is 2.77. The van der Waals surface area contributed by atoms with E-state index in [-0.39, 0.29) is 29.9 Å². The molecule has 0 aromatic carbocycles. The van der Waals surface area contributed by atoms with Gasteiger partial charge in [0.25, 0.3) is 0 Å². The van der Waals surface area contributed by atoms with Crippen LogP contribution in [0.25, 0.3) is 0 Å². The van der Waals surface area contributed by atoms with E-state index >= 15 is 0 Å². The number of carbonyl (C=O) groups excluding carboxylic acids is 3. The van der Waals surface area contributed by atoms with E-state index in [1.165, 1.54) is 4.90 Å². The van der Waals surface area contributed by atoms with Crippen molar-refractivity contribution in [2.24, 2.45) is 11.8 Å². The Morgan fingerprint density at radius 2 is 2.09 bits per heavy atom. The maximum absolute atomic E-state index is 13.5. The summed E-state index contributed by atoms with van der Waals surface area (Å²) in [4.78, 5) is 43.2. The van der Waals surface area contributed by atoms with Gasteiger partial charge in [0.2, 0.25) is 11.8 Å². The number of morpholine rings is 1. The maximum Gasteiger partial charge on any atom is 0.312 e. The summed E-state index contributed by atoms with van der Waals surface area (Å²) in [5, 5.41) is 12.8. The number of fused-ring (bicyclic) bond motifs is 1. The molecule has 1 unspecified atom stereocenters. The molecule has 11 heteroatoms. The molecule has 2 bridgehead atoms. The average Bonchev–Trinajstić information content (AvgIpc) is 3.37. The van der Waals surface area contributed by atoms with Crippen LogP contribution in [0.4, 0.5) is 0 Å². The zero-order valence-electron chi connectivity index (χ0n) is 18.5. The van der Waals surface area contributed by atoms with E-state index < -0.39 is 41.6 Å². The second kappa shape index (κ2) is 9.54. The van der Waals surface area contributed by atoms with Gasteiger partial charge in [-0.2, -0.15) is 0 Å². The molecule has 4 rings (SSSR count). The predicted octanol–water partition coefficient (Wildman–Crippen LogP) is -0.873. The minimum atomic E-state index is -1.13. The Balaban J connectivity index is 1.57. The summed E-state index contributed by atoms with van der Waals surface area (Å²) >= 11 is 3.60. The fraction of sp³-hybridized carbons (Fsp3) is 0.857. The highest BCUT2D eigenvalue weighted by molar-refractivity contribution is 9.09. The Morgan fingerprint density at radius 1 is 1.38 bits per heavy atom. The van der Waals surface area contributed by atoms with Crippen LogP contribution in [0.5, 0.6) is 0 Å². The lowest BCUT2D eigenvalue weighted by Crippen LogP contribution is -2.58. The Morgan fingerprint density at radius 3 is 2.75 bits per heavy atom. The Labute approximate surface area is 196 Å². The summed E-state index contributed by atoms with van der Waals surface area (Å²) in [5.41, 5.74) is -1.13. The SMILES string of the molecule is CCOC(=O)[C@H]1[C@@H]2O[C@@]3(CC2Br)[C@@H]1C(=O)N([C@H](C)CO)[C@@H]3C(=O)NCCN1CCOCC1. The van der Waals surface area contributed by atoms with Crippen molar-refractivity contribution >= 4 is 33.7 Å². The number of esters is 1. The van der Waals surface area contributed by atoms with Crippen molar-refractivity contribution < 1.29 is 33.7 Å². The summed E-state index contributed by atoms with van der Waals surface area (Å²) in [6.45, 7) is 7.40. The van der Waals surface area contributed by atoms with Gasteiger partial charge in [-0.3, -0.25) is 19.3 Å². The molecule has 4 aliphatic heterocycles. The summed E-state index contributed by atoms with van der Waals surface area (Å²) < 4.78 is 16.9. The number of hydrogen-bond donors (Lipinski definition) is 2. The summed E-state index contributed by atoms with van der Waals surface area (Å²) in [5.74, 6) is -2.71. The summed E-state index contributed by atoms with van der Waals surface area (Å²) in [6, 6.07) is -1.51. The predicted molar refractivity (Wildman–Crippen MR) is 116 cm³/mol. The standard InChI is InChI=1S/C21H32BrN3O7/c1-3-31-20(29)14-15-19(28)25(12(2)11-26)17(21(15)10-13(22)16(14)32-21)18(27)23-4-5-24-6-8-30-9-7-24/h12-17,26H,3-11H2,1-2H3,(H,23,27)/t12-,13?,14-,15+,16-,17-,21+/m1/s1. The van der Waals surface area contributed by atoms with Crippen LogP contribution in [0, 0.1) is 11.8 Å². The lowest BCUT2D eigenvalue weighted by atomic mass is 9.70. The average molecular weight is 518 g/mol. The third-order valence-electron chi connectivity index (χ3n) is 7.10. The molecular weight excluding hydrogens is 486 g/mol. The first-order valence-electron chi connectivity index (χ1n) is 11.3. The molecule has 2 amide bonds. The molecule has 2 N–H and O–H groups in total. The number of aliphatic hydroxyl groups excluding tert-OH is 1. The van der Waals surface area contributed by atoms with Crippen LogP contribution < -0.4 is 5.32 Å². The van der Waals surface area contributed by atoms with E-state index in [4.69, 9.17) is 14.2 Å². The third-order valence-corrected chi connectivity index (χ3v) is 7.95. The quantitative estimate of drug-likeness (QED) is 0.315. The van der Waals surface area contributed by atoms with Crippen molar-refractivity contribution in [3.63, 3.8) is 0 Å². The van der Waals surface area contributed by atoms with E-state index in [1.807, 2.05) is 0 Å².